The molecule has 1 heterocycles. The summed E-state index contributed by atoms with van der Waals surface area (Å²) in [5, 5.41) is 7.39. The van der Waals surface area contributed by atoms with Crippen LogP contribution in [0.25, 0.3) is 0 Å². The molecule has 0 aromatic carbocycles. The monoisotopic (exact) mass is 339 g/mol. The molecule has 0 aliphatic heterocycles. The van der Waals surface area contributed by atoms with Crippen LogP contribution in [0.4, 0.5) is 0 Å². The molecule has 1 aromatic rings. The van der Waals surface area contributed by atoms with Crippen LogP contribution in [0.3, 0.4) is 0 Å². The summed E-state index contributed by atoms with van der Waals surface area (Å²) in [5.41, 5.74) is 0.691. The zero-order valence-electron chi connectivity index (χ0n) is 13.3. The van der Waals surface area contributed by atoms with Gasteiger partial charge >= 0.3 is 0 Å². The number of carbonyl (C=O) groups excluding carboxylic acids is 1. The molecule has 0 saturated heterocycles. The lowest BCUT2D eigenvalue weighted by Crippen LogP contribution is -2.39. The highest BCUT2D eigenvalue weighted by Crippen LogP contribution is 2.42. The molecule has 1 aromatic heterocycles. The van der Waals surface area contributed by atoms with E-state index in [0.717, 1.165) is 31.4 Å². The van der Waals surface area contributed by atoms with Crippen LogP contribution in [0.5, 0.6) is 5.75 Å². The maximum Gasteiger partial charge on any atom is 0.285 e. The molecular weight excluding hydrogens is 318 g/mol. The van der Waals surface area contributed by atoms with Gasteiger partial charge in [-0.3, -0.25) is 4.79 Å². The van der Waals surface area contributed by atoms with E-state index >= 15 is 0 Å². The highest BCUT2D eigenvalue weighted by Gasteiger charge is 2.36. The molecule has 0 bridgehead atoms. The van der Waals surface area contributed by atoms with Gasteiger partial charge in [-0.2, -0.15) is 5.10 Å². The Labute approximate surface area is 135 Å². The normalized spacial score (nSPS) is 24.4. The van der Waals surface area contributed by atoms with Gasteiger partial charge in [0.15, 0.2) is 5.69 Å². The van der Waals surface area contributed by atoms with Crippen LogP contribution in [0.1, 0.15) is 61.1 Å². The van der Waals surface area contributed by atoms with Crippen molar-refractivity contribution >= 4 is 15.9 Å². The molecule has 1 amide bonds. The molecule has 2 atom stereocenters. The lowest BCUT2D eigenvalue weighted by molar-refractivity contribution is 0.0974. The van der Waals surface area contributed by atoms with E-state index in [1.54, 1.807) is 0 Å². The third kappa shape index (κ3) is 3.31. The first-order chi connectivity index (χ1) is 10.9. The zero-order valence-corrected chi connectivity index (χ0v) is 14.1. The second kappa shape index (κ2) is 6.07. The second-order valence-electron chi connectivity index (χ2n) is 6.38. The smallest absolute Gasteiger partial charge is 0.285 e. The van der Waals surface area contributed by atoms with Crippen molar-refractivity contribution in [2.24, 2.45) is 5.92 Å². The van der Waals surface area contributed by atoms with Crippen LogP contribution in [-0.4, -0.2) is 36.9 Å². The number of hydrogen-bond acceptors (Lipinski definition) is 6. The Bertz CT molecular complexity index is 715. The van der Waals surface area contributed by atoms with Crippen LogP contribution in [0.15, 0.2) is 6.07 Å². The van der Waals surface area contributed by atoms with Crippen molar-refractivity contribution in [1.29, 1.82) is 0 Å². The Morgan fingerprint density at radius 2 is 2.00 bits per heavy atom. The first kappa shape index (κ1) is 16.2. The fraction of sp³-hybridized carbons (Fsp3) is 0.667. The molecule has 2 aliphatic rings. The number of aromatic nitrogens is 2. The van der Waals surface area contributed by atoms with Gasteiger partial charge in [-0.05, 0) is 31.6 Å². The van der Waals surface area contributed by atoms with Gasteiger partial charge in [0.25, 0.3) is 5.91 Å². The Morgan fingerprint density at radius 1 is 1.26 bits per heavy atom. The molecular formula is C15H21N3O4S. The molecule has 126 valence electrons. The van der Waals surface area contributed by atoms with Crippen LogP contribution < -0.4 is 9.46 Å². The Hall–Kier alpha value is -1.70. The van der Waals surface area contributed by atoms with Gasteiger partial charge in [-0.15, -0.1) is 5.10 Å². The van der Waals surface area contributed by atoms with Crippen LogP contribution >= 0.6 is 0 Å². The van der Waals surface area contributed by atoms with E-state index in [0.29, 0.717) is 18.1 Å². The molecule has 1 N–H and O–H groups in total. The number of sulfonamides is 1. The van der Waals surface area contributed by atoms with Gasteiger partial charge in [0, 0.05) is 12.0 Å². The van der Waals surface area contributed by atoms with E-state index in [9.17, 15) is 13.2 Å². The summed E-state index contributed by atoms with van der Waals surface area (Å²) in [5.74, 6) is 0.118. The Balaban J connectivity index is 1.77. The van der Waals surface area contributed by atoms with Crippen molar-refractivity contribution in [1.82, 2.24) is 14.9 Å². The van der Waals surface area contributed by atoms with E-state index < -0.39 is 21.2 Å². The summed E-state index contributed by atoms with van der Waals surface area (Å²) in [7, 11) is -2.20. The fourth-order valence-corrected chi connectivity index (χ4v) is 4.87. The number of rotatable bonds is 5. The number of amides is 1. The fourth-order valence-electron chi connectivity index (χ4n) is 3.13. The minimum atomic E-state index is -3.70. The Morgan fingerprint density at radius 3 is 2.57 bits per heavy atom. The quantitative estimate of drug-likeness (QED) is 0.875. The minimum absolute atomic E-state index is 0.0412. The summed E-state index contributed by atoms with van der Waals surface area (Å²) in [6.07, 6.45) is 4.38. The lowest BCUT2D eigenvalue weighted by atomic mass is 10.1. The van der Waals surface area contributed by atoms with Crippen molar-refractivity contribution in [3.8, 4) is 5.75 Å². The highest BCUT2D eigenvalue weighted by molar-refractivity contribution is 7.90. The van der Waals surface area contributed by atoms with Gasteiger partial charge in [0.05, 0.1) is 12.4 Å². The van der Waals surface area contributed by atoms with E-state index in [1.807, 2.05) is 6.92 Å². The zero-order chi connectivity index (χ0) is 16.6. The average molecular weight is 339 g/mol. The molecule has 3 rings (SSSR count). The molecule has 8 heteroatoms. The molecule has 2 aliphatic carbocycles. The molecule has 2 saturated carbocycles. The van der Waals surface area contributed by atoms with Gasteiger partial charge in [0.2, 0.25) is 10.0 Å². The predicted octanol–water partition coefficient (Wildman–Crippen LogP) is 1.61. The van der Waals surface area contributed by atoms with Crippen LogP contribution in [0.2, 0.25) is 0 Å². The number of ether oxygens (including phenoxy) is 1. The minimum Gasteiger partial charge on any atom is -0.495 e. The standard InChI is InChI=1S/C15H21N3O4S/c1-9-4-3-5-13(9)23(20,21)18-15(19)11-8-12(22-2)14(17-16-11)10-6-7-10/h8-10,13H,3-7H2,1-2H3,(H,18,19). The van der Waals surface area contributed by atoms with Gasteiger partial charge in [-0.25, -0.2) is 13.1 Å². The first-order valence-corrected chi connectivity index (χ1v) is 9.44. The number of nitrogens with zero attached hydrogens (tertiary/aromatic N) is 2. The summed E-state index contributed by atoms with van der Waals surface area (Å²) < 4.78 is 32.1. The topological polar surface area (TPSA) is 98.2 Å². The van der Waals surface area contributed by atoms with Gasteiger partial charge in [0.1, 0.15) is 11.4 Å². The number of nitrogens with one attached hydrogen (secondary N) is 1. The van der Waals surface area contributed by atoms with Crippen molar-refractivity contribution < 1.29 is 17.9 Å². The van der Waals surface area contributed by atoms with E-state index in [2.05, 4.69) is 14.9 Å². The van der Waals surface area contributed by atoms with Crippen molar-refractivity contribution in [2.45, 2.75) is 50.2 Å². The largest absolute Gasteiger partial charge is 0.495 e. The molecule has 2 fully saturated rings. The van der Waals surface area contributed by atoms with Crippen molar-refractivity contribution in [3.63, 3.8) is 0 Å². The van der Waals surface area contributed by atoms with Gasteiger partial charge in [-0.1, -0.05) is 13.3 Å². The SMILES string of the molecule is COc1cc(C(=O)NS(=O)(=O)C2CCCC2C)nnc1C1CC1. The summed E-state index contributed by atoms with van der Waals surface area (Å²) >= 11 is 0. The third-order valence-corrected chi connectivity index (χ3v) is 6.59. The molecule has 23 heavy (non-hydrogen) atoms. The molecule has 7 nitrogen and oxygen atoms in total. The summed E-state index contributed by atoms with van der Waals surface area (Å²) in [4.78, 5) is 12.2. The maximum atomic E-state index is 12.4. The second-order valence-corrected chi connectivity index (χ2v) is 8.28. The highest BCUT2D eigenvalue weighted by atomic mass is 32.2. The molecule has 0 radical (unpaired) electrons. The summed E-state index contributed by atoms with van der Waals surface area (Å²) in [6, 6.07) is 1.46. The van der Waals surface area contributed by atoms with Gasteiger partial charge < -0.3 is 4.74 Å². The molecule has 0 spiro atoms. The van der Waals surface area contributed by atoms with E-state index in [4.69, 9.17) is 4.74 Å². The average Bonchev–Trinajstić information content (AvgIpc) is 3.26. The molecule has 2 unspecified atom stereocenters. The maximum absolute atomic E-state index is 12.4. The third-order valence-electron chi connectivity index (χ3n) is 4.62. The predicted molar refractivity (Wildman–Crippen MR) is 83.7 cm³/mol. The van der Waals surface area contributed by atoms with Crippen molar-refractivity contribution in [2.75, 3.05) is 7.11 Å². The van der Waals surface area contributed by atoms with Crippen LogP contribution in [0, 0.1) is 5.92 Å². The summed E-state index contributed by atoms with van der Waals surface area (Å²) in [6.45, 7) is 1.90. The Kier molecular flexibility index (Phi) is 4.27. The number of hydrogen-bond donors (Lipinski definition) is 1. The number of methoxy groups -OCH3 is 1. The number of carbonyl (C=O) groups is 1. The first-order valence-electron chi connectivity index (χ1n) is 7.90. The van der Waals surface area contributed by atoms with Crippen molar-refractivity contribution in [3.05, 3.63) is 17.5 Å². The van der Waals surface area contributed by atoms with Crippen LogP contribution in [-0.2, 0) is 10.0 Å². The lowest BCUT2D eigenvalue weighted by Gasteiger charge is -2.16. The van der Waals surface area contributed by atoms with E-state index in [1.165, 1.54) is 13.2 Å². The van der Waals surface area contributed by atoms with E-state index in [-0.39, 0.29) is 11.6 Å².